The van der Waals surface area contributed by atoms with Crippen molar-refractivity contribution in [2.75, 3.05) is 13.6 Å². The predicted molar refractivity (Wildman–Crippen MR) is 170 cm³/mol. The van der Waals surface area contributed by atoms with Gasteiger partial charge in [-0.2, -0.15) is 0 Å². The molecular formula is C33H56N4O7. The van der Waals surface area contributed by atoms with E-state index in [9.17, 15) is 29.1 Å². The first kappa shape index (κ1) is 38.8. The number of primary amides is 1. The first-order chi connectivity index (χ1) is 20.7. The van der Waals surface area contributed by atoms with E-state index in [1.165, 1.54) is 58.1 Å². The van der Waals surface area contributed by atoms with Gasteiger partial charge in [-0.3, -0.25) is 19.2 Å². The highest BCUT2D eigenvalue weighted by molar-refractivity contribution is 5.95. The normalized spacial score (nSPS) is 22.8. The molecule has 250 valence electrons. The fraction of sp³-hybridized carbons (Fsp3) is 0.727. The molecule has 0 unspecified atom stereocenters. The summed E-state index contributed by atoms with van der Waals surface area (Å²) in [5.74, 6) is -4.56. The monoisotopic (exact) mass is 620 g/mol. The summed E-state index contributed by atoms with van der Waals surface area (Å²) in [6, 6.07) is -1.82. The van der Waals surface area contributed by atoms with E-state index in [0.717, 1.165) is 42.6 Å². The Labute approximate surface area is 263 Å². The number of carbonyl (C=O) groups is 5. The second-order valence-corrected chi connectivity index (χ2v) is 12.6. The maximum Gasteiger partial charge on any atom is 0.332 e. The largest absolute Gasteiger partial charge is 0.460 e. The highest BCUT2D eigenvalue weighted by Crippen LogP contribution is 2.25. The van der Waals surface area contributed by atoms with E-state index in [1.807, 2.05) is 6.92 Å². The van der Waals surface area contributed by atoms with Gasteiger partial charge in [0, 0.05) is 18.8 Å². The minimum atomic E-state index is -2.08. The van der Waals surface area contributed by atoms with Crippen molar-refractivity contribution >= 4 is 29.6 Å². The Balaban J connectivity index is 2.86. The zero-order valence-corrected chi connectivity index (χ0v) is 27.4. The van der Waals surface area contributed by atoms with Crippen molar-refractivity contribution in [3.05, 3.63) is 24.4 Å². The van der Waals surface area contributed by atoms with E-state index >= 15 is 0 Å². The number of aliphatic hydroxyl groups excluding tert-OH is 1. The first-order valence-electron chi connectivity index (χ1n) is 16.1. The highest BCUT2D eigenvalue weighted by atomic mass is 16.5. The number of nitrogens with one attached hydrogen (secondary N) is 2. The molecule has 0 saturated carbocycles. The van der Waals surface area contributed by atoms with Crippen molar-refractivity contribution < 1.29 is 33.8 Å². The standard InChI is InChI=1S/C33H56N4O7/c1-22(2)17-15-13-11-9-7-8-10-12-14-16-18-23(3)30-25(5)32(42)35-24(4)19-20-27(39)37(6)21-26(38)36-28(33(43)44-30)29(40)31(34)41/h19-20,22-23,25,28-30,40H,4,7-18,21H2,1-3,5-6H3,(H2,34,41)(H,35,42)(H,36,38)/b20-19+/t23-,25+,28+,29+,30+/m1/s1. The summed E-state index contributed by atoms with van der Waals surface area (Å²) >= 11 is 0. The Bertz CT molecular complexity index is 997. The molecule has 0 aromatic carbocycles. The number of allylic oxidation sites excluding steroid dienone is 1. The number of cyclic esters (lactones) is 1. The molecule has 0 aromatic heterocycles. The van der Waals surface area contributed by atoms with Gasteiger partial charge in [0.05, 0.1) is 12.5 Å². The molecule has 0 bridgehead atoms. The van der Waals surface area contributed by atoms with Crippen molar-refractivity contribution in [3.63, 3.8) is 0 Å². The number of likely N-dealkylation sites (N-methyl/N-ethyl adjacent to an activating group) is 1. The van der Waals surface area contributed by atoms with E-state index in [0.29, 0.717) is 6.42 Å². The summed E-state index contributed by atoms with van der Waals surface area (Å²) < 4.78 is 5.74. The van der Waals surface area contributed by atoms with Crippen LogP contribution in [0.1, 0.15) is 105 Å². The second kappa shape index (κ2) is 20.7. The number of hydrogen-bond donors (Lipinski definition) is 4. The van der Waals surface area contributed by atoms with Gasteiger partial charge in [0.2, 0.25) is 23.6 Å². The molecule has 5 atom stereocenters. The maximum atomic E-state index is 13.3. The van der Waals surface area contributed by atoms with Crippen LogP contribution in [-0.4, -0.2) is 71.4 Å². The Kier molecular flexibility index (Phi) is 18.3. The van der Waals surface area contributed by atoms with Gasteiger partial charge < -0.3 is 31.1 Å². The molecule has 1 rings (SSSR count). The molecule has 11 nitrogen and oxygen atoms in total. The van der Waals surface area contributed by atoms with Crippen molar-refractivity contribution in [2.45, 2.75) is 123 Å². The number of ether oxygens (including phenoxy) is 1. The third-order valence-corrected chi connectivity index (χ3v) is 8.06. The Morgan fingerprint density at radius 3 is 2.02 bits per heavy atom. The molecule has 0 saturated heterocycles. The van der Waals surface area contributed by atoms with Crippen LogP contribution in [0.5, 0.6) is 0 Å². The van der Waals surface area contributed by atoms with Crippen molar-refractivity contribution in [1.29, 1.82) is 0 Å². The molecule has 0 aliphatic carbocycles. The molecule has 0 aromatic rings. The molecule has 11 heteroatoms. The molecule has 5 N–H and O–H groups in total. The Hall–Kier alpha value is -3.21. The smallest absolute Gasteiger partial charge is 0.332 e. The SMILES string of the molecule is C=C1/C=C/C(=O)N(C)CC(=O)N[C@@H]([C@H](O)C(N)=O)C(=O)O[C@@H]([C@H](C)CCCCCCCCCCCCC(C)C)[C@H](C)C(=O)N1. The van der Waals surface area contributed by atoms with Gasteiger partial charge in [0.25, 0.3) is 0 Å². The van der Waals surface area contributed by atoms with Gasteiger partial charge in [-0.25, -0.2) is 4.79 Å². The summed E-state index contributed by atoms with van der Waals surface area (Å²) in [6.45, 7) is 11.3. The Morgan fingerprint density at radius 1 is 0.977 bits per heavy atom. The van der Waals surface area contributed by atoms with Crippen LogP contribution in [0, 0.1) is 17.8 Å². The number of nitrogens with zero attached hydrogens (tertiary/aromatic N) is 1. The highest BCUT2D eigenvalue weighted by Gasteiger charge is 2.39. The molecular weight excluding hydrogens is 564 g/mol. The number of carbonyl (C=O) groups excluding carboxylic acids is 5. The summed E-state index contributed by atoms with van der Waals surface area (Å²) in [5.41, 5.74) is 5.38. The van der Waals surface area contributed by atoms with Gasteiger partial charge in [-0.1, -0.05) is 105 Å². The predicted octanol–water partition coefficient (Wildman–Crippen LogP) is 3.50. The number of esters is 1. The number of unbranched alkanes of at least 4 members (excludes halogenated alkanes) is 9. The van der Waals surface area contributed by atoms with E-state index in [-0.39, 0.29) is 11.6 Å². The second-order valence-electron chi connectivity index (χ2n) is 12.6. The lowest BCUT2D eigenvalue weighted by Crippen LogP contribution is -2.57. The molecule has 0 radical (unpaired) electrons. The third kappa shape index (κ3) is 15.0. The number of nitrogens with two attached hydrogens (primary N) is 1. The molecule has 1 heterocycles. The number of hydrogen-bond acceptors (Lipinski definition) is 7. The van der Waals surface area contributed by atoms with E-state index in [1.54, 1.807) is 6.92 Å². The lowest BCUT2D eigenvalue weighted by atomic mass is 9.88. The fourth-order valence-corrected chi connectivity index (χ4v) is 5.22. The van der Waals surface area contributed by atoms with Crippen LogP contribution in [0.25, 0.3) is 0 Å². The summed E-state index contributed by atoms with van der Waals surface area (Å²) in [6.07, 6.45) is 13.2. The average Bonchev–Trinajstić information content (AvgIpc) is 2.96. The van der Waals surface area contributed by atoms with E-state index < -0.39 is 60.3 Å². The molecule has 44 heavy (non-hydrogen) atoms. The summed E-state index contributed by atoms with van der Waals surface area (Å²) in [5, 5.41) is 15.2. The maximum absolute atomic E-state index is 13.3. The average molecular weight is 621 g/mol. The topological polar surface area (TPSA) is 168 Å². The number of aliphatic hydroxyl groups is 1. The minimum Gasteiger partial charge on any atom is -0.460 e. The van der Waals surface area contributed by atoms with Crippen LogP contribution in [0.2, 0.25) is 0 Å². The molecule has 0 fully saturated rings. The van der Waals surface area contributed by atoms with Crippen molar-refractivity contribution in [1.82, 2.24) is 15.5 Å². The minimum absolute atomic E-state index is 0.151. The quantitative estimate of drug-likeness (QED) is 0.151. The Morgan fingerprint density at radius 2 is 1.50 bits per heavy atom. The van der Waals surface area contributed by atoms with Crippen molar-refractivity contribution in [3.8, 4) is 0 Å². The third-order valence-electron chi connectivity index (χ3n) is 8.06. The van der Waals surface area contributed by atoms with Crippen LogP contribution < -0.4 is 16.4 Å². The first-order valence-corrected chi connectivity index (χ1v) is 16.1. The van der Waals surface area contributed by atoms with Gasteiger partial charge in [-0.05, 0) is 24.3 Å². The van der Waals surface area contributed by atoms with Gasteiger partial charge in [0.15, 0.2) is 12.1 Å². The van der Waals surface area contributed by atoms with Gasteiger partial charge >= 0.3 is 5.97 Å². The molecule has 4 amide bonds. The number of rotatable bonds is 16. The van der Waals surface area contributed by atoms with E-state index in [2.05, 4.69) is 31.1 Å². The lowest BCUT2D eigenvalue weighted by Gasteiger charge is -2.31. The number of amides is 4. The molecule has 1 aliphatic heterocycles. The summed E-state index contributed by atoms with van der Waals surface area (Å²) in [7, 11) is 1.35. The zero-order chi connectivity index (χ0) is 33.2. The van der Waals surface area contributed by atoms with E-state index in [4.69, 9.17) is 10.5 Å². The van der Waals surface area contributed by atoms with Crippen LogP contribution in [0.15, 0.2) is 24.4 Å². The van der Waals surface area contributed by atoms with Crippen LogP contribution in [0.3, 0.4) is 0 Å². The van der Waals surface area contributed by atoms with Crippen LogP contribution in [-0.2, 0) is 28.7 Å². The van der Waals surface area contributed by atoms with Crippen LogP contribution >= 0.6 is 0 Å². The van der Waals surface area contributed by atoms with Gasteiger partial charge in [0.1, 0.15) is 6.10 Å². The molecule has 0 spiro atoms. The zero-order valence-electron chi connectivity index (χ0n) is 27.4. The fourth-order valence-electron chi connectivity index (χ4n) is 5.22. The van der Waals surface area contributed by atoms with Gasteiger partial charge in [-0.15, -0.1) is 0 Å². The lowest BCUT2D eigenvalue weighted by molar-refractivity contribution is -0.165. The van der Waals surface area contributed by atoms with Crippen molar-refractivity contribution in [2.24, 2.45) is 23.5 Å². The van der Waals surface area contributed by atoms with Crippen LogP contribution in [0.4, 0.5) is 0 Å². The molecule has 1 aliphatic rings. The summed E-state index contributed by atoms with van der Waals surface area (Å²) in [4.78, 5) is 64.2.